The minimum Gasteiger partial charge on any atom is -0.478 e. The molecule has 0 fully saturated rings. The van der Waals surface area contributed by atoms with Gasteiger partial charge in [-0.15, -0.1) is 0 Å². The maximum atomic E-state index is 10.7. The molecule has 0 aromatic rings. The van der Waals surface area contributed by atoms with Gasteiger partial charge in [-0.05, 0) is 17.3 Å². The molecule has 0 aliphatic carbocycles. The highest BCUT2D eigenvalue weighted by Crippen LogP contribution is 2.08. The lowest BCUT2D eigenvalue weighted by molar-refractivity contribution is -0.147. The Kier molecular flexibility index (Phi) is 5.23. The van der Waals surface area contributed by atoms with Gasteiger partial charge >= 0.3 is 5.97 Å². The summed E-state index contributed by atoms with van der Waals surface area (Å²) < 4.78 is 0.809. The highest BCUT2D eigenvalue weighted by atomic mass is 127. The summed E-state index contributed by atoms with van der Waals surface area (Å²) in [5.41, 5.74) is 3.88. The molecular formula is C7H13IN2O3. The number of hydrogen-bond donors (Lipinski definition) is 3. The first kappa shape index (κ1) is 12.6. The predicted octanol–water partition coefficient (Wildman–Crippen LogP) is 0.0773. The monoisotopic (exact) mass is 300 g/mol. The molecule has 0 aromatic heterocycles. The van der Waals surface area contributed by atoms with Gasteiger partial charge in [-0.3, -0.25) is 10.5 Å². The van der Waals surface area contributed by atoms with E-state index in [1.165, 1.54) is 6.92 Å². The molecule has 1 amide bonds. The van der Waals surface area contributed by atoms with Gasteiger partial charge in [0.1, 0.15) is 0 Å². The highest BCUT2D eigenvalue weighted by Gasteiger charge is 2.33. The second-order valence-corrected chi connectivity index (χ2v) is 3.83. The molecule has 0 heterocycles. The van der Waals surface area contributed by atoms with Crippen LogP contribution in [-0.4, -0.2) is 27.1 Å². The van der Waals surface area contributed by atoms with Crippen molar-refractivity contribution >= 4 is 34.5 Å². The number of alkyl halides is 1. The summed E-state index contributed by atoms with van der Waals surface area (Å²) in [5, 5.41) is 11.0. The second kappa shape index (κ2) is 5.38. The first-order valence-corrected chi connectivity index (χ1v) is 5.32. The maximum absolute atomic E-state index is 10.7. The summed E-state index contributed by atoms with van der Waals surface area (Å²) in [6.45, 7) is 1.24. The molecule has 1 unspecified atom stereocenters. The Morgan fingerprint density at radius 3 is 2.46 bits per heavy atom. The van der Waals surface area contributed by atoms with E-state index < -0.39 is 17.5 Å². The van der Waals surface area contributed by atoms with Crippen LogP contribution in [-0.2, 0) is 9.59 Å². The summed E-state index contributed by atoms with van der Waals surface area (Å²) >= 11 is 2.12. The zero-order valence-corrected chi connectivity index (χ0v) is 9.50. The van der Waals surface area contributed by atoms with E-state index in [-0.39, 0.29) is 6.42 Å². The molecule has 0 radical (unpaired) electrons. The Labute approximate surface area is 90.2 Å². The van der Waals surface area contributed by atoms with E-state index in [1.807, 2.05) is 0 Å². The van der Waals surface area contributed by atoms with E-state index in [0.717, 1.165) is 4.43 Å². The number of amides is 1. The molecule has 1 atom stereocenters. The summed E-state index contributed by atoms with van der Waals surface area (Å²) in [6.07, 6.45) is 0.897. The van der Waals surface area contributed by atoms with Gasteiger partial charge in [-0.2, -0.15) is 0 Å². The van der Waals surface area contributed by atoms with Gasteiger partial charge in [0.15, 0.2) is 5.66 Å². The molecule has 0 bridgehead atoms. The van der Waals surface area contributed by atoms with Crippen molar-refractivity contribution in [2.75, 3.05) is 4.43 Å². The van der Waals surface area contributed by atoms with E-state index in [0.29, 0.717) is 6.42 Å². The Bertz CT molecular complexity index is 210. The average Bonchev–Trinajstić information content (AvgIpc) is 1.99. The van der Waals surface area contributed by atoms with Gasteiger partial charge in [0.05, 0.1) is 0 Å². The zero-order chi connectivity index (χ0) is 10.5. The number of nitrogens with one attached hydrogen (secondary N) is 1. The van der Waals surface area contributed by atoms with Crippen molar-refractivity contribution in [2.45, 2.75) is 25.4 Å². The fourth-order valence-corrected chi connectivity index (χ4v) is 1.26. The standard InChI is InChI=1S/C7H13IN2O3/c1-5(11)10-7(9,6(12)13)3-2-4-8/h2-4,9H2,1H3,(H,10,11)(H,12,13). The first-order chi connectivity index (χ1) is 5.92. The second-order valence-electron chi connectivity index (χ2n) is 2.75. The van der Waals surface area contributed by atoms with Gasteiger partial charge in [-0.25, -0.2) is 4.79 Å². The average molecular weight is 300 g/mol. The Hall–Kier alpha value is -0.370. The van der Waals surface area contributed by atoms with Crippen LogP contribution in [0.5, 0.6) is 0 Å². The number of carbonyl (C=O) groups excluding carboxylic acids is 1. The van der Waals surface area contributed by atoms with Crippen molar-refractivity contribution in [3.63, 3.8) is 0 Å². The molecule has 0 spiro atoms. The van der Waals surface area contributed by atoms with Crippen molar-refractivity contribution in [3.05, 3.63) is 0 Å². The lowest BCUT2D eigenvalue weighted by atomic mass is 10.1. The number of hydrogen-bond acceptors (Lipinski definition) is 3. The van der Waals surface area contributed by atoms with Crippen LogP contribution in [0, 0.1) is 0 Å². The molecule has 76 valence electrons. The van der Waals surface area contributed by atoms with Crippen LogP contribution < -0.4 is 11.1 Å². The van der Waals surface area contributed by atoms with Crippen LogP contribution in [0.3, 0.4) is 0 Å². The highest BCUT2D eigenvalue weighted by molar-refractivity contribution is 14.1. The lowest BCUT2D eigenvalue weighted by Crippen LogP contribution is -2.61. The molecule has 4 N–H and O–H groups in total. The minimum absolute atomic E-state index is 0.241. The molecule has 5 nitrogen and oxygen atoms in total. The van der Waals surface area contributed by atoms with E-state index in [1.54, 1.807) is 0 Å². The molecule has 0 saturated heterocycles. The molecule has 0 aliphatic rings. The number of aliphatic carboxylic acids is 1. The molecule has 0 aliphatic heterocycles. The number of carboxylic acids is 1. The third-order valence-electron chi connectivity index (χ3n) is 1.49. The van der Waals surface area contributed by atoms with Gasteiger partial charge < -0.3 is 10.4 Å². The van der Waals surface area contributed by atoms with Crippen LogP contribution in [0.25, 0.3) is 0 Å². The Balaban J connectivity index is 4.34. The molecule has 6 heteroatoms. The van der Waals surface area contributed by atoms with Crippen LogP contribution in [0.1, 0.15) is 19.8 Å². The SMILES string of the molecule is CC(=O)NC(N)(CCCI)C(=O)O. The van der Waals surface area contributed by atoms with Crippen molar-refractivity contribution in [3.8, 4) is 0 Å². The summed E-state index contributed by atoms with van der Waals surface area (Å²) in [5.74, 6) is -1.63. The van der Waals surface area contributed by atoms with E-state index >= 15 is 0 Å². The third-order valence-corrected chi connectivity index (χ3v) is 2.25. The van der Waals surface area contributed by atoms with Crippen molar-refractivity contribution in [1.29, 1.82) is 0 Å². The van der Waals surface area contributed by atoms with Gasteiger partial charge in [-0.1, -0.05) is 22.6 Å². The number of halogens is 1. The molecule has 0 saturated carbocycles. The van der Waals surface area contributed by atoms with Crippen LogP contribution in [0.4, 0.5) is 0 Å². The van der Waals surface area contributed by atoms with Crippen molar-refractivity contribution in [2.24, 2.45) is 5.73 Å². The number of carboxylic acid groups (broad SMARTS) is 1. The Morgan fingerprint density at radius 1 is 1.62 bits per heavy atom. The molecular weight excluding hydrogens is 287 g/mol. The maximum Gasteiger partial charge on any atom is 0.344 e. The summed E-state index contributed by atoms with van der Waals surface area (Å²) in [4.78, 5) is 21.4. The predicted molar refractivity (Wildman–Crippen MR) is 56.5 cm³/mol. The van der Waals surface area contributed by atoms with Crippen LogP contribution in [0.2, 0.25) is 0 Å². The van der Waals surface area contributed by atoms with Crippen LogP contribution >= 0.6 is 22.6 Å². The minimum atomic E-state index is -1.61. The van der Waals surface area contributed by atoms with Gasteiger partial charge in [0.25, 0.3) is 0 Å². The molecule has 0 aromatic carbocycles. The third kappa shape index (κ3) is 4.41. The van der Waals surface area contributed by atoms with Crippen molar-refractivity contribution < 1.29 is 14.7 Å². The number of rotatable bonds is 5. The quantitative estimate of drug-likeness (QED) is 0.381. The van der Waals surface area contributed by atoms with Crippen molar-refractivity contribution in [1.82, 2.24) is 5.32 Å². The first-order valence-electron chi connectivity index (χ1n) is 3.79. The lowest BCUT2D eigenvalue weighted by Gasteiger charge is -2.24. The van der Waals surface area contributed by atoms with E-state index in [2.05, 4.69) is 27.9 Å². The normalized spacial score (nSPS) is 14.7. The summed E-state index contributed by atoms with van der Waals surface area (Å²) in [7, 11) is 0. The number of carbonyl (C=O) groups is 2. The fourth-order valence-electron chi connectivity index (χ4n) is 0.883. The number of nitrogens with two attached hydrogens (primary N) is 1. The largest absolute Gasteiger partial charge is 0.478 e. The van der Waals surface area contributed by atoms with Crippen LogP contribution in [0.15, 0.2) is 0 Å². The van der Waals surface area contributed by atoms with Gasteiger partial charge in [0.2, 0.25) is 5.91 Å². The topological polar surface area (TPSA) is 92.4 Å². The Morgan fingerprint density at radius 2 is 2.15 bits per heavy atom. The summed E-state index contributed by atoms with van der Waals surface area (Å²) in [6, 6.07) is 0. The molecule has 13 heavy (non-hydrogen) atoms. The van der Waals surface area contributed by atoms with E-state index in [9.17, 15) is 9.59 Å². The zero-order valence-electron chi connectivity index (χ0n) is 7.34. The molecule has 0 rings (SSSR count). The fraction of sp³-hybridized carbons (Fsp3) is 0.714. The van der Waals surface area contributed by atoms with Gasteiger partial charge in [0, 0.05) is 6.92 Å². The van der Waals surface area contributed by atoms with E-state index in [4.69, 9.17) is 10.8 Å². The smallest absolute Gasteiger partial charge is 0.344 e.